The first-order valence-corrected chi connectivity index (χ1v) is 5.35. The van der Waals surface area contributed by atoms with E-state index in [2.05, 4.69) is 20.4 Å². The Morgan fingerprint density at radius 1 is 1.29 bits per heavy atom. The summed E-state index contributed by atoms with van der Waals surface area (Å²) in [6.07, 6.45) is 4.63. The molecule has 0 aliphatic rings. The Morgan fingerprint density at radius 3 is 2.88 bits per heavy atom. The van der Waals surface area contributed by atoms with Gasteiger partial charge in [0.1, 0.15) is 11.6 Å². The van der Waals surface area contributed by atoms with Crippen molar-refractivity contribution in [2.24, 2.45) is 0 Å². The average molecular weight is 233 g/mol. The maximum atomic E-state index is 5.56. The molecule has 2 aromatic rings. The van der Waals surface area contributed by atoms with Gasteiger partial charge in [-0.3, -0.25) is 4.68 Å². The van der Waals surface area contributed by atoms with Crippen LogP contribution >= 0.6 is 0 Å². The lowest BCUT2D eigenvalue weighted by Gasteiger charge is -2.06. The van der Waals surface area contributed by atoms with E-state index in [1.165, 1.54) is 0 Å². The Balaban J connectivity index is 1.78. The van der Waals surface area contributed by atoms with E-state index in [1.807, 2.05) is 16.9 Å². The number of anilines is 3. The van der Waals surface area contributed by atoms with Crippen LogP contribution < -0.4 is 16.8 Å². The summed E-state index contributed by atoms with van der Waals surface area (Å²) in [6, 6.07) is 3.56. The molecule has 2 heterocycles. The number of hydrogen-bond acceptors (Lipinski definition) is 6. The number of nitrogens with zero attached hydrogens (tertiary/aromatic N) is 4. The van der Waals surface area contributed by atoms with Crippen molar-refractivity contribution in [3.05, 3.63) is 24.5 Å². The summed E-state index contributed by atoms with van der Waals surface area (Å²) in [4.78, 5) is 7.82. The lowest BCUT2D eigenvalue weighted by Crippen LogP contribution is -2.10. The zero-order valence-corrected chi connectivity index (χ0v) is 9.37. The number of aryl methyl sites for hydroxylation is 1. The highest BCUT2D eigenvalue weighted by Crippen LogP contribution is 2.08. The van der Waals surface area contributed by atoms with Crippen LogP contribution in [0.3, 0.4) is 0 Å². The van der Waals surface area contributed by atoms with Crippen LogP contribution in [0.15, 0.2) is 24.5 Å². The Morgan fingerprint density at radius 2 is 2.18 bits per heavy atom. The van der Waals surface area contributed by atoms with Gasteiger partial charge in [0, 0.05) is 31.5 Å². The van der Waals surface area contributed by atoms with Crippen LogP contribution in [0.2, 0.25) is 0 Å². The highest BCUT2D eigenvalue weighted by atomic mass is 15.3. The van der Waals surface area contributed by atoms with E-state index in [0.29, 0.717) is 11.6 Å². The van der Waals surface area contributed by atoms with Gasteiger partial charge < -0.3 is 16.8 Å². The van der Waals surface area contributed by atoms with Gasteiger partial charge in [-0.25, -0.2) is 0 Å². The van der Waals surface area contributed by atoms with Crippen LogP contribution in [0.5, 0.6) is 0 Å². The van der Waals surface area contributed by atoms with Crippen molar-refractivity contribution in [3.63, 3.8) is 0 Å². The van der Waals surface area contributed by atoms with Crippen molar-refractivity contribution >= 4 is 17.6 Å². The molecule has 0 aromatic carbocycles. The maximum absolute atomic E-state index is 5.56. The van der Waals surface area contributed by atoms with E-state index in [1.54, 1.807) is 12.3 Å². The fourth-order valence-electron chi connectivity index (χ4n) is 1.47. The zero-order chi connectivity index (χ0) is 12.1. The number of hydrogen-bond donors (Lipinski definition) is 3. The quantitative estimate of drug-likeness (QED) is 0.643. The van der Waals surface area contributed by atoms with E-state index in [4.69, 9.17) is 11.5 Å². The molecule has 17 heavy (non-hydrogen) atoms. The molecule has 7 heteroatoms. The van der Waals surface area contributed by atoms with E-state index in [9.17, 15) is 0 Å². The molecule has 2 aromatic heterocycles. The van der Waals surface area contributed by atoms with Gasteiger partial charge in [0.25, 0.3) is 0 Å². The SMILES string of the molecule is Nc1cc(NCCCn2cccn2)nc(N)n1. The van der Waals surface area contributed by atoms with Crippen molar-refractivity contribution in [3.8, 4) is 0 Å². The third kappa shape index (κ3) is 3.33. The molecule has 7 nitrogen and oxygen atoms in total. The van der Waals surface area contributed by atoms with Crippen molar-refractivity contribution in [1.29, 1.82) is 0 Å². The van der Waals surface area contributed by atoms with Gasteiger partial charge >= 0.3 is 0 Å². The topological polar surface area (TPSA) is 108 Å². The van der Waals surface area contributed by atoms with Crippen LogP contribution in [-0.4, -0.2) is 26.3 Å². The summed E-state index contributed by atoms with van der Waals surface area (Å²) >= 11 is 0. The Hall–Kier alpha value is -2.31. The molecule has 0 atom stereocenters. The Labute approximate surface area is 98.9 Å². The molecular weight excluding hydrogens is 218 g/mol. The van der Waals surface area contributed by atoms with E-state index < -0.39 is 0 Å². The van der Waals surface area contributed by atoms with Crippen LogP contribution in [0.4, 0.5) is 17.6 Å². The molecular formula is C10H15N7. The molecule has 0 aliphatic heterocycles. The first-order valence-electron chi connectivity index (χ1n) is 5.35. The number of rotatable bonds is 5. The molecule has 5 N–H and O–H groups in total. The largest absolute Gasteiger partial charge is 0.383 e. The van der Waals surface area contributed by atoms with Gasteiger partial charge in [-0.2, -0.15) is 15.1 Å². The summed E-state index contributed by atoms with van der Waals surface area (Å²) in [7, 11) is 0. The lowest BCUT2D eigenvalue weighted by molar-refractivity contribution is 0.591. The lowest BCUT2D eigenvalue weighted by atomic mass is 10.4. The molecule has 0 bridgehead atoms. The van der Waals surface area contributed by atoms with E-state index >= 15 is 0 Å². The summed E-state index contributed by atoms with van der Waals surface area (Å²) in [6.45, 7) is 1.63. The van der Waals surface area contributed by atoms with Crippen molar-refractivity contribution in [1.82, 2.24) is 19.7 Å². The second-order valence-electron chi connectivity index (χ2n) is 3.59. The average Bonchev–Trinajstić information content (AvgIpc) is 2.76. The first kappa shape index (κ1) is 11.2. The van der Waals surface area contributed by atoms with E-state index in [-0.39, 0.29) is 5.95 Å². The summed E-state index contributed by atoms with van der Waals surface area (Å²) in [5.74, 6) is 1.20. The van der Waals surface area contributed by atoms with Crippen LogP contribution in [-0.2, 0) is 6.54 Å². The van der Waals surface area contributed by atoms with E-state index in [0.717, 1.165) is 19.5 Å². The minimum absolute atomic E-state index is 0.180. The third-order valence-electron chi connectivity index (χ3n) is 2.19. The van der Waals surface area contributed by atoms with Crippen molar-refractivity contribution < 1.29 is 0 Å². The zero-order valence-electron chi connectivity index (χ0n) is 9.37. The van der Waals surface area contributed by atoms with Crippen LogP contribution in [0.1, 0.15) is 6.42 Å². The summed E-state index contributed by atoms with van der Waals surface area (Å²) in [5, 5.41) is 7.25. The van der Waals surface area contributed by atoms with Crippen molar-refractivity contribution in [2.75, 3.05) is 23.3 Å². The predicted molar refractivity (Wildman–Crippen MR) is 66.2 cm³/mol. The predicted octanol–water partition coefficient (Wildman–Crippen LogP) is 0.340. The number of nitrogen functional groups attached to an aromatic ring is 2. The van der Waals surface area contributed by atoms with Crippen molar-refractivity contribution in [2.45, 2.75) is 13.0 Å². The normalized spacial score (nSPS) is 10.4. The van der Waals surface area contributed by atoms with Crippen LogP contribution in [0, 0.1) is 0 Å². The Bertz CT molecular complexity index is 445. The standard InChI is InChI=1S/C10H15N7/c11-8-7-9(16-10(12)15-8)13-3-1-5-17-6-2-4-14-17/h2,4,6-7H,1,3,5H2,(H5,11,12,13,15,16). The van der Waals surface area contributed by atoms with Crippen LogP contribution in [0.25, 0.3) is 0 Å². The highest BCUT2D eigenvalue weighted by Gasteiger charge is 1.98. The van der Waals surface area contributed by atoms with Gasteiger partial charge in [-0.15, -0.1) is 0 Å². The monoisotopic (exact) mass is 233 g/mol. The molecule has 0 saturated carbocycles. The minimum Gasteiger partial charge on any atom is -0.383 e. The third-order valence-corrected chi connectivity index (χ3v) is 2.19. The number of aromatic nitrogens is 4. The molecule has 0 spiro atoms. The molecule has 0 radical (unpaired) electrons. The molecule has 0 fully saturated rings. The van der Waals surface area contributed by atoms with Gasteiger partial charge in [0.15, 0.2) is 0 Å². The first-order chi connectivity index (χ1) is 8.24. The Kier molecular flexibility index (Phi) is 3.39. The van der Waals surface area contributed by atoms with Gasteiger partial charge in [-0.1, -0.05) is 0 Å². The number of nitrogens with one attached hydrogen (secondary N) is 1. The second-order valence-corrected chi connectivity index (χ2v) is 3.59. The van der Waals surface area contributed by atoms with Gasteiger partial charge in [0.05, 0.1) is 0 Å². The van der Waals surface area contributed by atoms with Gasteiger partial charge in [-0.05, 0) is 12.5 Å². The fourth-order valence-corrected chi connectivity index (χ4v) is 1.47. The molecule has 0 amide bonds. The smallest absolute Gasteiger partial charge is 0.223 e. The molecule has 2 rings (SSSR count). The minimum atomic E-state index is 0.180. The highest BCUT2D eigenvalue weighted by molar-refractivity contribution is 5.48. The molecule has 0 saturated heterocycles. The fraction of sp³-hybridized carbons (Fsp3) is 0.300. The van der Waals surface area contributed by atoms with Gasteiger partial charge in [0.2, 0.25) is 5.95 Å². The summed E-state index contributed by atoms with van der Waals surface area (Å²) in [5.41, 5.74) is 11.0. The molecule has 0 unspecified atom stereocenters. The number of nitrogens with two attached hydrogens (primary N) is 2. The second kappa shape index (κ2) is 5.15. The maximum Gasteiger partial charge on any atom is 0.223 e. The summed E-state index contributed by atoms with van der Waals surface area (Å²) < 4.78 is 1.88. The molecule has 90 valence electrons. The molecule has 0 aliphatic carbocycles.